The van der Waals surface area contributed by atoms with Crippen molar-refractivity contribution < 1.29 is 0 Å². The molecule has 2 aromatic carbocycles. The molecule has 2 nitrogen and oxygen atoms in total. The van der Waals surface area contributed by atoms with Crippen molar-refractivity contribution in [3.05, 3.63) is 49.9 Å². The Labute approximate surface area is 128 Å². The largest absolute Gasteiger partial charge is 0.398 e. The van der Waals surface area contributed by atoms with E-state index < -0.39 is 0 Å². The van der Waals surface area contributed by atoms with Gasteiger partial charge in [-0.25, -0.2) is 0 Å². The van der Waals surface area contributed by atoms with E-state index in [1.54, 1.807) is 0 Å². The molecule has 2 rings (SSSR count). The van der Waals surface area contributed by atoms with Gasteiger partial charge in [-0.05, 0) is 58.7 Å². The Kier molecular flexibility index (Phi) is 4.20. The van der Waals surface area contributed by atoms with Crippen molar-refractivity contribution in [3.63, 3.8) is 0 Å². The summed E-state index contributed by atoms with van der Waals surface area (Å²) in [4.78, 5) is 0. The first-order valence-corrected chi connectivity index (χ1v) is 7.21. The molecule has 0 saturated heterocycles. The topological polar surface area (TPSA) is 38.0 Å². The van der Waals surface area contributed by atoms with Crippen LogP contribution < -0.4 is 11.1 Å². The Balaban J connectivity index is 2.40. The van der Waals surface area contributed by atoms with Gasteiger partial charge in [-0.3, -0.25) is 0 Å². The number of nitrogens with two attached hydrogens (primary N) is 1. The molecule has 0 aromatic heterocycles. The van der Waals surface area contributed by atoms with Gasteiger partial charge in [0.15, 0.2) is 0 Å². The number of aryl methyl sites for hydroxylation is 1. The van der Waals surface area contributed by atoms with Crippen LogP contribution >= 0.6 is 43.5 Å². The van der Waals surface area contributed by atoms with Gasteiger partial charge in [-0.2, -0.15) is 0 Å². The van der Waals surface area contributed by atoms with Crippen LogP contribution in [0, 0.1) is 6.92 Å². The minimum absolute atomic E-state index is 0.666. The van der Waals surface area contributed by atoms with Crippen molar-refractivity contribution >= 4 is 60.5 Å². The average Bonchev–Trinajstić information content (AvgIpc) is 2.30. The van der Waals surface area contributed by atoms with Crippen molar-refractivity contribution in [1.29, 1.82) is 0 Å². The molecule has 0 bridgehead atoms. The van der Waals surface area contributed by atoms with Crippen molar-refractivity contribution in [2.24, 2.45) is 0 Å². The van der Waals surface area contributed by atoms with Gasteiger partial charge < -0.3 is 11.1 Å². The van der Waals surface area contributed by atoms with Crippen LogP contribution in [0.15, 0.2) is 39.3 Å². The summed E-state index contributed by atoms with van der Waals surface area (Å²) in [6.45, 7) is 1.97. The molecule has 0 aliphatic heterocycles. The first kappa shape index (κ1) is 13.7. The summed E-state index contributed by atoms with van der Waals surface area (Å²) in [7, 11) is 0. The maximum absolute atomic E-state index is 6.15. The van der Waals surface area contributed by atoms with Crippen LogP contribution in [0.3, 0.4) is 0 Å². The summed E-state index contributed by atoms with van der Waals surface area (Å²) >= 11 is 13.1. The summed E-state index contributed by atoms with van der Waals surface area (Å²) < 4.78 is 1.87. The maximum atomic E-state index is 6.15. The number of nitrogen functional groups attached to an aromatic ring is 1. The van der Waals surface area contributed by atoms with Gasteiger partial charge in [-0.15, -0.1) is 0 Å². The number of rotatable bonds is 2. The fourth-order valence-corrected chi connectivity index (χ4v) is 2.52. The normalized spacial score (nSPS) is 10.4. The Hall–Kier alpha value is -0.710. The second kappa shape index (κ2) is 5.51. The average molecular weight is 391 g/mol. The molecule has 0 aliphatic rings. The van der Waals surface area contributed by atoms with Crippen molar-refractivity contribution in [2.75, 3.05) is 11.1 Å². The van der Waals surface area contributed by atoms with Crippen LogP contribution in [0.1, 0.15) is 5.56 Å². The van der Waals surface area contributed by atoms with E-state index in [-0.39, 0.29) is 0 Å². The van der Waals surface area contributed by atoms with E-state index in [1.165, 1.54) is 0 Å². The van der Waals surface area contributed by atoms with Crippen molar-refractivity contribution in [1.82, 2.24) is 0 Å². The SMILES string of the molecule is Cc1cc(Nc2cc(Br)ccc2Cl)c(Br)cc1N. The first-order valence-electron chi connectivity index (χ1n) is 5.25. The lowest BCUT2D eigenvalue weighted by molar-refractivity contribution is 1.43. The molecule has 0 atom stereocenters. The fraction of sp³-hybridized carbons (Fsp3) is 0.0769. The molecule has 3 N–H and O–H groups in total. The second-order valence-electron chi connectivity index (χ2n) is 3.94. The van der Waals surface area contributed by atoms with E-state index in [9.17, 15) is 0 Å². The monoisotopic (exact) mass is 388 g/mol. The molecule has 0 heterocycles. The van der Waals surface area contributed by atoms with Crippen LogP contribution in [-0.4, -0.2) is 0 Å². The Morgan fingerprint density at radius 1 is 1.11 bits per heavy atom. The van der Waals surface area contributed by atoms with Gasteiger partial charge in [-0.1, -0.05) is 27.5 Å². The summed E-state index contributed by atoms with van der Waals surface area (Å²) in [5.74, 6) is 0. The van der Waals surface area contributed by atoms with Gasteiger partial charge >= 0.3 is 0 Å². The molecule has 0 unspecified atom stereocenters. The smallest absolute Gasteiger partial charge is 0.0641 e. The lowest BCUT2D eigenvalue weighted by atomic mass is 10.2. The van der Waals surface area contributed by atoms with E-state index in [0.29, 0.717) is 5.02 Å². The van der Waals surface area contributed by atoms with E-state index in [1.807, 2.05) is 37.3 Å². The van der Waals surface area contributed by atoms with Crippen LogP contribution in [-0.2, 0) is 0 Å². The van der Waals surface area contributed by atoms with E-state index in [2.05, 4.69) is 37.2 Å². The maximum Gasteiger partial charge on any atom is 0.0641 e. The first-order chi connectivity index (χ1) is 8.47. The third-order valence-corrected chi connectivity index (χ3v) is 4.03. The number of benzene rings is 2. The number of hydrogen-bond acceptors (Lipinski definition) is 2. The van der Waals surface area contributed by atoms with E-state index in [4.69, 9.17) is 17.3 Å². The highest BCUT2D eigenvalue weighted by Gasteiger charge is 2.06. The van der Waals surface area contributed by atoms with Crippen molar-refractivity contribution in [3.8, 4) is 0 Å². The molecule has 0 radical (unpaired) electrons. The van der Waals surface area contributed by atoms with E-state index >= 15 is 0 Å². The molecule has 0 saturated carbocycles. The second-order valence-corrected chi connectivity index (χ2v) is 6.12. The highest BCUT2D eigenvalue weighted by atomic mass is 79.9. The number of hydrogen-bond donors (Lipinski definition) is 2. The highest BCUT2D eigenvalue weighted by Crippen LogP contribution is 2.33. The van der Waals surface area contributed by atoms with Gasteiger partial charge in [0.25, 0.3) is 0 Å². The van der Waals surface area contributed by atoms with Crippen LogP contribution in [0.2, 0.25) is 5.02 Å². The van der Waals surface area contributed by atoms with Crippen LogP contribution in [0.25, 0.3) is 0 Å². The van der Waals surface area contributed by atoms with Gasteiger partial charge in [0.2, 0.25) is 0 Å². The molecule has 0 amide bonds. The molecule has 94 valence electrons. The number of halogens is 3. The zero-order chi connectivity index (χ0) is 13.3. The predicted octanol–water partition coefficient (Wildman–Crippen LogP) is 5.50. The van der Waals surface area contributed by atoms with Gasteiger partial charge in [0.05, 0.1) is 16.4 Å². The standard InChI is InChI=1S/C13H11Br2ClN2/c1-7-4-12(9(15)6-11(7)17)18-13-5-8(14)2-3-10(13)16/h2-6,18H,17H2,1H3. The minimum atomic E-state index is 0.666. The zero-order valence-corrected chi connectivity index (χ0v) is 13.5. The molecule has 2 aromatic rings. The van der Waals surface area contributed by atoms with E-state index in [0.717, 1.165) is 31.6 Å². The Bertz CT molecular complexity index is 600. The molecule has 18 heavy (non-hydrogen) atoms. The summed E-state index contributed by atoms with van der Waals surface area (Å²) in [5, 5.41) is 3.95. The summed E-state index contributed by atoms with van der Waals surface area (Å²) in [6.07, 6.45) is 0. The minimum Gasteiger partial charge on any atom is -0.398 e. The van der Waals surface area contributed by atoms with Gasteiger partial charge in [0.1, 0.15) is 0 Å². The molecular weight excluding hydrogens is 379 g/mol. The molecule has 5 heteroatoms. The summed E-state index contributed by atoms with van der Waals surface area (Å²) in [6, 6.07) is 9.53. The third-order valence-electron chi connectivity index (χ3n) is 2.55. The fourth-order valence-electron chi connectivity index (χ4n) is 1.53. The lowest BCUT2D eigenvalue weighted by Gasteiger charge is -2.12. The molecule has 0 fully saturated rings. The number of anilines is 3. The Morgan fingerprint density at radius 3 is 2.56 bits per heavy atom. The third kappa shape index (κ3) is 2.99. The highest BCUT2D eigenvalue weighted by molar-refractivity contribution is 9.10. The van der Waals surface area contributed by atoms with Gasteiger partial charge in [0, 0.05) is 14.6 Å². The molecule has 0 aliphatic carbocycles. The summed E-state index contributed by atoms with van der Waals surface area (Å²) in [5.41, 5.74) is 9.40. The quantitative estimate of drug-likeness (QED) is 0.665. The Morgan fingerprint density at radius 2 is 1.83 bits per heavy atom. The van der Waals surface area contributed by atoms with Crippen LogP contribution in [0.4, 0.5) is 17.1 Å². The van der Waals surface area contributed by atoms with Crippen LogP contribution in [0.5, 0.6) is 0 Å². The molecule has 0 spiro atoms. The predicted molar refractivity (Wildman–Crippen MR) is 85.7 cm³/mol. The molecular formula is C13H11Br2ClN2. The lowest BCUT2D eigenvalue weighted by Crippen LogP contribution is -1.96. The van der Waals surface area contributed by atoms with Crippen molar-refractivity contribution in [2.45, 2.75) is 6.92 Å². The zero-order valence-electron chi connectivity index (χ0n) is 9.60. The number of nitrogens with one attached hydrogen (secondary N) is 1.